The maximum atomic E-state index is 11.8. The average Bonchev–Trinajstić information content (AvgIpc) is 2.30. The molecule has 1 aromatic rings. The van der Waals surface area contributed by atoms with Crippen molar-refractivity contribution in [3.63, 3.8) is 0 Å². The SMILES string of the molecule is CCC(C)C(=O)Cn1c(C)c(Br)c(C)nc1=O. The number of carbonyl (C=O) groups is 1. The molecule has 0 aliphatic carbocycles. The van der Waals surface area contributed by atoms with Gasteiger partial charge in [0.25, 0.3) is 0 Å². The van der Waals surface area contributed by atoms with Crippen LogP contribution in [0.1, 0.15) is 31.7 Å². The molecule has 0 amide bonds. The summed E-state index contributed by atoms with van der Waals surface area (Å²) in [7, 11) is 0. The third-order valence-corrected chi connectivity index (χ3v) is 4.16. The zero-order valence-corrected chi connectivity index (χ0v) is 12.2. The Balaban J connectivity index is 3.12. The first kappa shape index (κ1) is 14.1. The molecule has 0 radical (unpaired) electrons. The van der Waals surface area contributed by atoms with Gasteiger partial charge in [0, 0.05) is 11.6 Å². The van der Waals surface area contributed by atoms with E-state index in [-0.39, 0.29) is 23.9 Å². The fourth-order valence-electron chi connectivity index (χ4n) is 1.50. The highest BCUT2D eigenvalue weighted by atomic mass is 79.9. The Bertz CT molecular complexity index is 494. The van der Waals surface area contributed by atoms with E-state index in [1.807, 2.05) is 20.8 Å². The highest BCUT2D eigenvalue weighted by molar-refractivity contribution is 9.10. The van der Waals surface area contributed by atoms with Gasteiger partial charge in [-0.15, -0.1) is 0 Å². The van der Waals surface area contributed by atoms with Gasteiger partial charge < -0.3 is 0 Å². The van der Waals surface area contributed by atoms with Crippen molar-refractivity contribution in [1.29, 1.82) is 0 Å². The van der Waals surface area contributed by atoms with Crippen molar-refractivity contribution in [2.75, 3.05) is 0 Å². The van der Waals surface area contributed by atoms with Gasteiger partial charge in [0.2, 0.25) is 0 Å². The van der Waals surface area contributed by atoms with Gasteiger partial charge >= 0.3 is 5.69 Å². The first-order valence-corrected chi connectivity index (χ1v) is 6.44. The lowest BCUT2D eigenvalue weighted by molar-refractivity contribution is -0.123. The van der Waals surface area contributed by atoms with Gasteiger partial charge in [-0.1, -0.05) is 13.8 Å². The fourth-order valence-corrected chi connectivity index (χ4v) is 1.80. The van der Waals surface area contributed by atoms with Crippen molar-refractivity contribution in [3.8, 4) is 0 Å². The third-order valence-electron chi connectivity index (χ3n) is 3.01. The summed E-state index contributed by atoms with van der Waals surface area (Å²) in [4.78, 5) is 27.5. The molecule has 0 saturated carbocycles. The third kappa shape index (κ3) is 3.03. The van der Waals surface area contributed by atoms with Crippen LogP contribution in [0.25, 0.3) is 0 Å². The Hall–Kier alpha value is -0.970. The van der Waals surface area contributed by atoms with Gasteiger partial charge in [0.1, 0.15) is 0 Å². The molecule has 5 heteroatoms. The number of rotatable bonds is 4. The lowest BCUT2D eigenvalue weighted by Crippen LogP contribution is -2.31. The number of carbonyl (C=O) groups excluding carboxylic acids is 1. The van der Waals surface area contributed by atoms with Crippen LogP contribution < -0.4 is 5.69 Å². The van der Waals surface area contributed by atoms with E-state index in [0.717, 1.165) is 16.6 Å². The minimum atomic E-state index is -0.361. The molecule has 17 heavy (non-hydrogen) atoms. The van der Waals surface area contributed by atoms with Crippen LogP contribution in [0.4, 0.5) is 0 Å². The van der Waals surface area contributed by atoms with E-state index in [4.69, 9.17) is 0 Å². The van der Waals surface area contributed by atoms with Gasteiger partial charge in [-0.05, 0) is 36.2 Å². The van der Waals surface area contributed by atoms with Crippen LogP contribution in [0.5, 0.6) is 0 Å². The van der Waals surface area contributed by atoms with Gasteiger partial charge in [0.15, 0.2) is 5.78 Å². The van der Waals surface area contributed by atoms with Crippen LogP contribution in [-0.4, -0.2) is 15.3 Å². The summed E-state index contributed by atoms with van der Waals surface area (Å²) in [5.74, 6) is 0.0385. The zero-order valence-electron chi connectivity index (χ0n) is 10.6. The molecule has 1 unspecified atom stereocenters. The minimum Gasteiger partial charge on any atom is -0.297 e. The molecule has 0 N–H and O–H groups in total. The Morgan fingerprint density at radius 1 is 1.47 bits per heavy atom. The molecule has 1 rings (SSSR count). The van der Waals surface area contributed by atoms with Crippen LogP contribution in [-0.2, 0) is 11.3 Å². The lowest BCUT2D eigenvalue weighted by atomic mass is 10.0. The molecule has 1 atom stereocenters. The number of hydrogen-bond donors (Lipinski definition) is 0. The molecule has 0 aliphatic heterocycles. The van der Waals surface area contributed by atoms with Gasteiger partial charge in [0.05, 0.1) is 16.7 Å². The summed E-state index contributed by atoms with van der Waals surface area (Å²) in [5.41, 5.74) is 1.04. The zero-order chi connectivity index (χ0) is 13.2. The molecule has 0 bridgehead atoms. The van der Waals surface area contributed by atoms with Crippen molar-refractivity contribution < 1.29 is 4.79 Å². The molecule has 0 saturated heterocycles. The van der Waals surface area contributed by atoms with Crippen LogP contribution in [0.3, 0.4) is 0 Å². The number of Topliss-reactive ketones (excluding diaryl/α,β-unsaturated/α-hetero) is 1. The Labute approximate surface area is 109 Å². The number of aromatic nitrogens is 2. The standard InChI is InChI=1S/C12H17BrN2O2/c1-5-7(2)10(16)6-15-9(4)11(13)8(3)14-12(15)17/h7H,5-6H2,1-4H3. The first-order chi connectivity index (χ1) is 7.88. The van der Waals surface area contributed by atoms with Crippen molar-refractivity contribution in [1.82, 2.24) is 9.55 Å². The molecule has 1 aromatic heterocycles. The molecular weight excluding hydrogens is 284 g/mol. The maximum Gasteiger partial charge on any atom is 0.348 e. The van der Waals surface area contributed by atoms with Gasteiger partial charge in [-0.25, -0.2) is 4.79 Å². The van der Waals surface area contributed by atoms with Crippen LogP contribution in [0, 0.1) is 19.8 Å². The Morgan fingerprint density at radius 2 is 2.06 bits per heavy atom. The first-order valence-electron chi connectivity index (χ1n) is 5.64. The smallest absolute Gasteiger partial charge is 0.297 e. The van der Waals surface area contributed by atoms with Crippen LogP contribution in [0.15, 0.2) is 9.27 Å². The summed E-state index contributed by atoms with van der Waals surface area (Å²) in [6.07, 6.45) is 0.785. The van der Waals surface area contributed by atoms with Gasteiger partial charge in [-0.2, -0.15) is 4.98 Å². The second-order valence-corrected chi connectivity index (χ2v) is 5.03. The maximum absolute atomic E-state index is 11.8. The van der Waals surface area contributed by atoms with E-state index in [2.05, 4.69) is 20.9 Å². The number of nitrogens with zero attached hydrogens (tertiary/aromatic N) is 2. The quantitative estimate of drug-likeness (QED) is 0.857. The largest absolute Gasteiger partial charge is 0.348 e. The number of aryl methyl sites for hydroxylation is 1. The molecule has 1 heterocycles. The Kier molecular flexibility index (Phi) is 4.62. The highest BCUT2D eigenvalue weighted by Crippen LogP contribution is 2.17. The van der Waals surface area contributed by atoms with Crippen LogP contribution in [0.2, 0.25) is 0 Å². The summed E-state index contributed by atoms with van der Waals surface area (Å²) < 4.78 is 2.21. The lowest BCUT2D eigenvalue weighted by Gasteiger charge is -2.13. The summed E-state index contributed by atoms with van der Waals surface area (Å²) in [6.45, 7) is 7.51. The van der Waals surface area contributed by atoms with E-state index in [0.29, 0.717) is 5.69 Å². The average molecular weight is 301 g/mol. The van der Waals surface area contributed by atoms with Crippen molar-refractivity contribution in [2.24, 2.45) is 5.92 Å². The molecule has 0 fully saturated rings. The monoisotopic (exact) mass is 300 g/mol. The predicted molar refractivity (Wildman–Crippen MR) is 70.1 cm³/mol. The van der Waals surface area contributed by atoms with Crippen LogP contribution >= 0.6 is 15.9 Å². The number of hydrogen-bond acceptors (Lipinski definition) is 3. The highest BCUT2D eigenvalue weighted by Gasteiger charge is 2.15. The molecular formula is C12H17BrN2O2. The second-order valence-electron chi connectivity index (χ2n) is 4.24. The van der Waals surface area contributed by atoms with Crippen molar-refractivity contribution in [3.05, 3.63) is 26.3 Å². The molecule has 0 aliphatic rings. The molecule has 4 nitrogen and oxygen atoms in total. The summed E-state index contributed by atoms with van der Waals surface area (Å²) in [6, 6.07) is 0. The Morgan fingerprint density at radius 3 is 2.59 bits per heavy atom. The minimum absolute atomic E-state index is 0.0265. The summed E-state index contributed by atoms with van der Waals surface area (Å²) >= 11 is 3.37. The predicted octanol–water partition coefficient (Wildman–Crippen LogP) is 2.24. The number of ketones is 1. The topological polar surface area (TPSA) is 52.0 Å². The molecule has 0 aromatic carbocycles. The van der Waals surface area contributed by atoms with E-state index in [1.54, 1.807) is 6.92 Å². The van der Waals surface area contributed by atoms with E-state index < -0.39 is 0 Å². The van der Waals surface area contributed by atoms with Crippen molar-refractivity contribution >= 4 is 21.7 Å². The second kappa shape index (κ2) is 5.58. The van der Waals surface area contributed by atoms with E-state index in [1.165, 1.54) is 4.57 Å². The normalized spacial score (nSPS) is 12.5. The molecule has 0 spiro atoms. The van der Waals surface area contributed by atoms with Crippen molar-refractivity contribution in [2.45, 2.75) is 40.7 Å². The molecule has 94 valence electrons. The van der Waals surface area contributed by atoms with E-state index in [9.17, 15) is 9.59 Å². The fraction of sp³-hybridized carbons (Fsp3) is 0.583. The summed E-state index contributed by atoms with van der Waals surface area (Å²) in [5, 5.41) is 0. The van der Waals surface area contributed by atoms with E-state index >= 15 is 0 Å². The number of halogens is 1. The van der Waals surface area contributed by atoms with Gasteiger partial charge in [-0.3, -0.25) is 9.36 Å².